The van der Waals surface area contributed by atoms with Crippen LogP contribution in [-0.4, -0.2) is 47.2 Å². The average Bonchev–Trinajstić information content (AvgIpc) is 2.83. The third kappa shape index (κ3) is 7.80. The summed E-state index contributed by atoms with van der Waals surface area (Å²) in [6.07, 6.45) is 3.39. The maximum Gasteiger partial charge on any atom is 0.257 e. The lowest BCUT2D eigenvalue weighted by Gasteiger charge is -2.20. The van der Waals surface area contributed by atoms with Gasteiger partial charge in [0.15, 0.2) is 5.11 Å². The SMILES string of the molecule is O=C(CN1CCCCCC1=O)NNC(=S)NCCSc1ccc(Cl)cc1. The van der Waals surface area contributed by atoms with Crippen molar-refractivity contribution >= 4 is 52.5 Å². The van der Waals surface area contributed by atoms with Gasteiger partial charge in [-0.05, 0) is 49.3 Å². The summed E-state index contributed by atoms with van der Waals surface area (Å²) < 4.78 is 0. The molecule has 1 aliphatic rings. The number of nitrogens with zero attached hydrogens (tertiary/aromatic N) is 1. The fourth-order valence-electron chi connectivity index (χ4n) is 2.45. The van der Waals surface area contributed by atoms with E-state index in [1.807, 2.05) is 24.3 Å². The second-order valence-electron chi connectivity index (χ2n) is 5.86. The van der Waals surface area contributed by atoms with Gasteiger partial charge in [0.1, 0.15) is 6.54 Å². The summed E-state index contributed by atoms with van der Waals surface area (Å²) in [6.45, 7) is 1.34. The van der Waals surface area contributed by atoms with E-state index in [0.717, 1.165) is 34.9 Å². The number of rotatable bonds is 6. The molecule has 0 aromatic heterocycles. The number of nitrogens with one attached hydrogen (secondary N) is 3. The molecule has 3 N–H and O–H groups in total. The summed E-state index contributed by atoms with van der Waals surface area (Å²) in [5.74, 6) is 0.581. The first kappa shape index (κ1) is 20.8. The molecule has 142 valence electrons. The molecule has 0 spiro atoms. The van der Waals surface area contributed by atoms with Gasteiger partial charge in [-0.25, -0.2) is 0 Å². The normalized spacial score (nSPS) is 14.5. The lowest BCUT2D eigenvalue weighted by molar-refractivity contribution is -0.135. The first-order valence-electron chi connectivity index (χ1n) is 8.53. The van der Waals surface area contributed by atoms with Crippen LogP contribution in [0, 0.1) is 0 Å². The van der Waals surface area contributed by atoms with Crippen LogP contribution in [0.1, 0.15) is 25.7 Å². The van der Waals surface area contributed by atoms with Gasteiger partial charge in [0, 0.05) is 35.2 Å². The predicted molar refractivity (Wildman–Crippen MR) is 109 cm³/mol. The number of hydrogen-bond donors (Lipinski definition) is 3. The van der Waals surface area contributed by atoms with E-state index < -0.39 is 0 Å². The molecule has 9 heteroatoms. The number of likely N-dealkylation sites (tertiary alicyclic amines) is 1. The summed E-state index contributed by atoms with van der Waals surface area (Å²) in [7, 11) is 0. The van der Waals surface area contributed by atoms with Crippen LogP contribution in [0.2, 0.25) is 5.02 Å². The van der Waals surface area contributed by atoms with Crippen LogP contribution in [0.15, 0.2) is 29.2 Å². The van der Waals surface area contributed by atoms with Crippen molar-refractivity contribution in [1.82, 2.24) is 21.1 Å². The molecule has 0 aliphatic carbocycles. The molecule has 0 saturated carbocycles. The Hall–Kier alpha value is -1.51. The van der Waals surface area contributed by atoms with Gasteiger partial charge in [0.25, 0.3) is 5.91 Å². The molecule has 0 radical (unpaired) electrons. The topological polar surface area (TPSA) is 73.5 Å². The molecule has 6 nitrogen and oxygen atoms in total. The van der Waals surface area contributed by atoms with Crippen molar-refractivity contribution in [2.75, 3.05) is 25.4 Å². The van der Waals surface area contributed by atoms with E-state index in [2.05, 4.69) is 16.2 Å². The number of carbonyl (C=O) groups is 2. The standard InChI is InChI=1S/C17H23ClN4O2S2/c18-13-5-7-14(8-6-13)26-11-9-19-17(25)21-20-15(23)12-22-10-3-1-2-4-16(22)24/h5-8H,1-4,9-12H2,(H,20,23)(H2,19,21,25). The third-order valence-electron chi connectivity index (χ3n) is 3.79. The first-order chi connectivity index (χ1) is 12.5. The van der Waals surface area contributed by atoms with Crippen LogP contribution in [0.4, 0.5) is 0 Å². The van der Waals surface area contributed by atoms with Crippen LogP contribution < -0.4 is 16.2 Å². The number of amides is 2. The molecule has 1 aromatic carbocycles. The monoisotopic (exact) mass is 414 g/mol. The van der Waals surface area contributed by atoms with Gasteiger partial charge in [-0.2, -0.15) is 0 Å². The molecule has 2 rings (SSSR count). The number of hydrogen-bond acceptors (Lipinski definition) is 4. The molecule has 0 atom stereocenters. The molecular weight excluding hydrogens is 392 g/mol. The highest BCUT2D eigenvalue weighted by Gasteiger charge is 2.19. The van der Waals surface area contributed by atoms with Gasteiger partial charge in [0.05, 0.1) is 0 Å². The van der Waals surface area contributed by atoms with Crippen molar-refractivity contribution in [3.05, 3.63) is 29.3 Å². The number of carbonyl (C=O) groups excluding carboxylic acids is 2. The van der Waals surface area contributed by atoms with E-state index in [1.54, 1.807) is 16.7 Å². The molecule has 0 unspecified atom stereocenters. The van der Waals surface area contributed by atoms with E-state index in [0.29, 0.717) is 24.6 Å². The smallest absolute Gasteiger partial charge is 0.257 e. The summed E-state index contributed by atoms with van der Waals surface area (Å²) >= 11 is 12.7. The second kappa shape index (κ2) is 11.3. The van der Waals surface area contributed by atoms with E-state index in [-0.39, 0.29) is 18.4 Å². The molecule has 0 bridgehead atoms. The Balaban J connectivity index is 1.58. The Labute approximate surface area is 168 Å². The van der Waals surface area contributed by atoms with Crippen molar-refractivity contribution in [3.8, 4) is 0 Å². The lowest BCUT2D eigenvalue weighted by Crippen LogP contribution is -2.50. The zero-order valence-electron chi connectivity index (χ0n) is 14.4. The number of thiocarbonyl (C=S) groups is 1. The predicted octanol–water partition coefficient (Wildman–Crippen LogP) is 2.33. The summed E-state index contributed by atoms with van der Waals surface area (Å²) in [5.41, 5.74) is 5.19. The maximum atomic E-state index is 11.9. The van der Waals surface area contributed by atoms with Crippen LogP contribution in [0.3, 0.4) is 0 Å². The zero-order valence-corrected chi connectivity index (χ0v) is 16.8. The van der Waals surface area contributed by atoms with Crippen LogP contribution in [-0.2, 0) is 9.59 Å². The highest BCUT2D eigenvalue weighted by atomic mass is 35.5. The van der Waals surface area contributed by atoms with Gasteiger partial charge in [-0.15, -0.1) is 11.8 Å². The fourth-order valence-corrected chi connectivity index (χ4v) is 3.50. The van der Waals surface area contributed by atoms with Gasteiger partial charge < -0.3 is 10.2 Å². The molecule has 1 aliphatic heterocycles. The number of thioether (sulfide) groups is 1. The van der Waals surface area contributed by atoms with E-state index >= 15 is 0 Å². The molecule has 26 heavy (non-hydrogen) atoms. The minimum absolute atomic E-state index is 0.0394. The van der Waals surface area contributed by atoms with Crippen molar-refractivity contribution < 1.29 is 9.59 Å². The third-order valence-corrected chi connectivity index (χ3v) is 5.30. The van der Waals surface area contributed by atoms with Crippen molar-refractivity contribution in [2.45, 2.75) is 30.6 Å². The summed E-state index contributed by atoms with van der Waals surface area (Å²) in [4.78, 5) is 26.6. The highest BCUT2D eigenvalue weighted by molar-refractivity contribution is 7.99. The fraction of sp³-hybridized carbons (Fsp3) is 0.471. The molecule has 1 aromatic rings. The Bertz CT molecular complexity index is 628. The Morgan fingerprint density at radius 1 is 1.19 bits per heavy atom. The van der Waals surface area contributed by atoms with Crippen LogP contribution in [0.5, 0.6) is 0 Å². The van der Waals surface area contributed by atoms with E-state index in [4.69, 9.17) is 23.8 Å². The van der Waals surface area contributed by atoms with Gasteiger partial charge in [-0.3, -0.25) is 20.4 Å². The van der Waals surface area contributed by atoms with Crippen molar-refractivity contribution in [2.24, 2.45) is 0 Å². The number of hydrazine groups is 1. The van der Waals surface area contributed by atoms with Crippen LogP contribution in [0.25, 0.3) is 0 Å². The van der Waals surface area contributed by atoms with Gasteiger partial charge in [0.2, 0.25) is 5.91 Å². The molecule has 1 heterocycles. The number of benzene rings is 1. The highest BCUT2D eigenvalue weighted by Crippen LogP contribution is 2.19. The van der Waals surface area contributed by atoms with E-state index in [1.165, 1.54) is 0 Å². The quantitative estimate of drug-likeness (QED) is 0.287. The summed E-state index contributed by atoms with van der Waals surface area (Å²) in [6, 6.07) is 7.64. The lowest BCUT2D eigenvalue weighted by atomic mass is 10.2. The van der Waals surface area contributed by atoms with Crippen molar-refractivity contribution in [3.63, 3.8) is 0 Å². The van der Waals surface area contributed by atoms with E-state index in [9.17, 15) is 9.59 Å². The first-order valence-corrected chi connectivity index (χ1v) is 10.3. The largest absolute Gasteiger partial charge is 0.361 e. The second-order valence-corrected chi connectivity index (χ2v) is 7.87. The average molecular weight is 415 g/mol. The Morgan fingerprint density at radius 3 is 2.73 bits per heavy atom. The number of halogens is 1. The molecule has 1 fully saturated rings. The zero-order chi connectivity index (χ0) is 18.8. The maximum absolute atomic E-state index is 11.9. The van der Waals surface area contributed by atoms with Crippen molar-refractivity contribution in [1.29, 1.82) is 0 Å². The van der Waals surface area contributed by atoms with Crippen LogP contribution >= 0.6 is 35.6 Å². The van der Waals surface area contributed by atoms with Gasteiger partial charge in [-0.1, -0.05) is 18.0 Å². The molecule has 1 saturated heterocycles. The molecular formula is C17H23ClN4O2S2. The molecule has 2 amide bonds. The minimum Gasteiger partial charge on any atom is -0.361 e. The van der Waals surface area contributed by atoms with Gasteiger partial charge >= 0.3 is 0 Å². The Kier molecular flexibility index (Phi) is 9.00. The Morgan fingerprint density at radius 2 is 1.96 bits per heavy atom. The minimum atomic E-state index is -0.278. The summed E-state index contributed by atoms with van der Waals surface area (Å²) in [5, 5.41) is 4.08.